The van der Waals surface area contributed by atoms with E-state index in [9.17, 15) is 4.79 Å². The van der Waals surface area contributed by atoms with Gasteiger partial charge in [0.2, 0.25) is 0 Å². The summed E-state index contributed by atoms with van der Waals surface area (Å²) in [5.41, 5.74) is 14.1. The SMILES string of the molecule is COc1cc(N)c(Cl)cc1C(=O)NCC1CCN(CCC(N)c2ccccc2)CC1. The zero-order chi connectivity index (χ0) is 21.5. The molecule has 1 atom stereocenters. The van der Waals surface area contributed by atoms with Gasteiger partial charge in [-0.1, -0.05) is 41.9 Å². The molecule has 0 bridgehead atoms. The highest BCUT2D eigenvalue weighted by Crippen LogP contribution is 2.29. The highest BCUT2D eigenvalue weighted by molar-refractivity contribution is 6.33. The second-order valence-electron chi connectivity index (χ2n) is 7.87. The zero-order valence-electron chi connectivity index (χ0n) is 17.4. The molecule has 1 fully saturated rings. The maximum Gasteiger partial charge on any atom is 0.255 e. The van der Waals surface area contributed by atoms with Gasteiger partial charge < -0.3 is 26.4 Å². The number of carbonyl (C=O) groups excluding carboxylic acids is 1. The van der Waals surface area contributed by atoms with E-state index in [-0.39, 0.29) is 11.9 Å². The van der Waals surface area contributed by atoms with E-state index in [1.807, 2.05) is 18.2 Å². The molecule has 30 heavy (non-hydrogen) atoms. The van der Waals surface area contributed by atoms with E-state index in [0.717, 1.165) is 38.9 Å². The number of nitrogens with zero attached hydrogens (tertiary/aromatic N) is 1. The molecule has 5 N–H and O–H groups in total. The van der Waals surface area contributed by atoms with Gasteiger partial charge in [-0.05, 0) is 56.4 Å². The lowest BCUT2D eigenvalue weighted by atomic mass is 9.96. The molecule has 2 aromatic carbocycles. The Labute approximate surface area is 183 Å². The normalized spacial score (nSPS) is 16.2. The number of piperidine rings is 1. The maximum absolute atomic E-state index is 12.6. The monoisotopic (exact) mass is 430 g/mol. The first kappa shape index (κ1) is 22.4. The van der Waals surface area contributed by atoms with Gasteiger partial charge in [0.15, 0.2) is 0 Å². The molecule has 1 amide bonds. The third kappa shape index (κ3) is 5.88. The molecule has 1 heterocycles. The number of amides is 1. The Hall–Kier alpha value is -2.28. The molecule has 0 aliphatic carbocycles. The van der Waals surface area contributed by atoms with Crippen molar-refractivity contribution < 1.29 is 9.53 Å². The fraction of sp³-hybridized carbons (Fsp3) is 0.435. The Bertz CT molecular complexity index is 839. The molecule has 1 aliphatic rings. The van der Waals surface area contributed by atoms with E-state index in [1.165, 1.54) is 12.7 Å². The minimum absolute atomic E-state index is 0.0740. The van der Waals surface area contributed by atoms with Gasteiger partial charge in [0.05, 0.1) is 23.4 Å². The molecule has 7 heteroatoms. The van der Waals surface area contributed by atoms with E-state index >= 15 is 0 Å². The maximum atomic E-state index is 12.6. The highest BCUT2D eigenvalue weighted by atomic mass is 35.5. The Balaban J connectivity index is 1.42. The third-order valence-corrected chi connectivity index (χ3v) is 6.13. The van der Waals surface area contributed by atoms with E-state index < -0.39 is 0 Å². The van der Waals surface area contributed by atoms with Crippen molar-refractivity contribution in [2.45, 2.75) is 25.3 Å². The van der Waals surface area contributed by atoms with Crippen LogP contribution in [0.4, 0.5) is 5.69 Å². The van der Waals surface area contributed by atoms with Crippen molar-refractivity contribution in [2.75, 3.05) is 39.0 Å². The lowest BCUT2D eigenvalue weighted by molar-refractivity contribution is 0.0932. The first-order chi connectivity index (χ1) is 14.5. The lowest BCUT2D eigenvalue weighted by Crippen LogP contribution is -2.39. The topological polar surface area (TPSA) is 93.6 Å². The summed E-state index contributed by atoms with van der Waals surface area (Å²) < 4.78 is 5.27. The van der Waals surface area contributed by atoms with Gasteiger partial charge in [0, 0.05) is 18.7 Å². The van der Waals surface area contributed by atoms with Gasteiger partial charge >= 0.3 is 0 Å². The number of nitrogens with one attached hydrogen (secondary N) is 1. The van der Waals surface area contributed by atoms with Crippen molar-refractivity contribution in [2.24, 2.45) is 11.7 Å². The van der Waals surface area contributed by atoms with Crippen molar-refractivity contribution in [3.63, 3.8) is 0 Å². The van der Waals surface area contributed by atoms with Crippen molar-refractivity contribution in [1.29, 1.82) is 0 Å². The van der Waals surface area contributed by atoms with Crippen LogP contribution >= 0.6 is 11.6 Å². The summed E-state index contributed by atoms with van der Waals surface area (Å²) in [6.07, 6.45) is 3.06. The van der Waals surface area contributed by atoms with Crippen LogP contribution < -0.4 is 21.5 Å². The minimum Gasteiger partial charge on any atom is -0.496 e. The molecule has 162 valence electrons. The molecule has 2 aromatic rings. The predicted molar refractivity (Wildman–Crippen MR) is 122 cm³/mol. The van der Waals surface area contributed by atoms with E-state index in [4.69, 9.17) is 27.8 Å². The predicted octanol–water partition coefficient (Wildman–Crippen LogP) is 3.46. The molecule has 1 unspecified atom stereocenters. The van der Waals surface area contributed by atoms with Crippen LogP contribution in [-0.4, -0.2) is 44.1 Å². The van der Waals surface area contributed by atoms with Gasteiger partial charge in [-0.3, -0.25) is 4.79 Å². The van der Waals surface area contributed by atoms with Gasteiger partial charge in [-0.25, -0.2) is 0 Å². The summed E-state index contributed by atoms with van der Waals surface area (Å²) in [5, 5.41) is 3.37. The minimum atomic E-state index is -0.190. The van der Waals surface area contributed by atoms with Crippen LogP contribution in [0.1, 0.15) is 41.2 Å². The second-order valence-corrected chi connectivity index (χ2v) is 8.28. The standard InChI is InChI=1S/C23H31ClN4O2/c1-30-22-14-21(26)19(24)13-18(22)23(29)27-15-16-7-10-28(11-8-16)12-9-20(25)17-5-3-2-4-6-17/h2-6,13-14,16,20H,7-12,15,25-26H2,1H3,(H,27,29). The fourth-order valence-electron chi connectivity index (χ4n) is 3.85. The van der Waals surface area contributed by atoms with Crippen LogP contribution in [0.2, 0.25) is 5.02 Å². The van der Waals surface area contributed by atoms with Gasteiger partial charge in [0.25, 0.3) is 5.91 Å². The molecule has 0 aromatic heterocycles. The van der Waals surface area contributed by atoms with Gasteiger partial charge in [-0.2, -0.15) is 0 Å². The molecule has 1 saturated heterocycles. The first-order valence-electron chi connectivity index (χ1n) is 10.4. The summed E-state index contributed by atoms with van der Waals surface area (Å²) in [4.78, 5) is 15.1. The molecule has 0 spiro atoms. The number of carbonyl (C=O) groups is 1. The lowest BCUT2D eigenvalue weighted by Gasteiger charge is -2.32. The number of hydrogen-bond acceptors (Lipinski definition) is 5. The average Bonchev–Trinajstić information content (AvgIpc) is 2.78. The summed E-state index contributed by atoms with van der Waals surface area (Å²) >= 11 is 6.07. The van der Waals surface area contributed by atoms with E-state index in [1.54, 1.807) is 12.1 Å². The summed E-state index contributed by atoms with van der Waals surface area (Å²) in [5.74, 6) is 0.701. The van der Waals surface area contributed by atoms with E-state index in [2.05, 4.69) is 22.3 Å². The molecular formula is C23H31ClN4O2. The summed E-state index contributed by atoms with van der Waals surface area (Å²) in [6.45, 7) is 3.69. The Morgan fingerprint density at radius 1 is 1.27 bits per heavy atom. The number of anilines is 1. The van der Waals surface area contributed by atoms with Crippen LogP contribution in [0.15, 0.2) is 42.5 Å². The number of rotatable bonds is 8. The molecular weight excluding hydrogens is 400 g/mol. The molecule has 1 aliphatic heterocycles. The fourth-order valence-corrected chi connectivity index (χ4v) is 4.01. The Morgan fingerprint density at radius 3 is 2.63 bits per heavy atom. The van der Waals surface area contributed by atoms with Gasteiger partial charge in [-0.15, -0.1) is 0 Å². The molecule has 6 nitrogen and oxygen atoms in total. The number of nitrogens with two attached hydrogens (primary N) is 2. The van der Waals surface area contributed by atoms with Crippen LogP contribution in [0.3, 0.4) is 0 Å². The van der Waals surface area contributed by atoms with Crippen molar-refractivity contribution in [3.8, 4) is 5.75 Å². The molecule has 0 radical (unpaired) electrons. The number of likely N-dealkylation sites (tertiary alicyclic amines) is 1. The Kier molecular flexibility index (Phi) is 7.96. The number of nitrogen functional groups attached to an aromatic ring is 1. The number of methoxy groups -OCH3 is 1. The van der Waals surface area contributed by atoms with Crippen molar-refractivity contribution >= 4 is 23.2 Å². The Morgan fingerprint density at radius 2 is 1.97 bits per heavy atom. The van der Waals surface area contributed by atoms with Crippen LogP contribution in [0, 0.1) is 5.92 Å². The van der Waals surface area contributed by atoms with Crippen LogP contribution in [-0.2, 0) is 0 Å². The number of hydrogen-bond donors (Lipinski definition) is 3. The average molecular weight is 431 g/mol. The summed E-state index contributed by atoms with van der Waals surface area (Å²) in [7, 11) is 1.51. The quantitative estimate of drug-likeness (QED) is 0.557. The first-order valence-corrected chi connectivity index (χ1v) is 10.8. The zero-order valence-corrected chi connectivity index (χ0v) is 18.2. The second kappa shape index (κ2) is 10.7. The number of halogens is 1. The number of benzene rings is 2. The van der Waals surface area contributed by atoms with Crippen LogP contribution in [0.5, 0.6) is 5.75 Å². The van der Waals surface area contributed by atoms with Crippen LogP contribution in [0.25, 0.3) is 0 Å². The molecule has 3 rings (SSSR count). The highest BCUT2D eigenvalue weighted by Gasteiger charge is 2.21. The number of ether oxygens (including phenoxy) is 1. The summed E-state index contributed by atoms with van der Waals surface area (Å²) in [6, 6.07) is 13.5. The largest absolute Gasteiger partial charge is 0.496 e. The van der Waals surface area contributed by atoms with E-state index in [0.29, 0.717) is 34.5 Å². The van der Waals surface area contributed by atoms with Crippen molar-refractivity contribution in [1.82, 2.24) is 10.2 Å². The van der Waals surface area contributed by atoms with Crippen molar-refractivity contribution in [3.05, 3.63) is 58.6 Å². The van der Waals surface area contributed by atoms with Gasteiger partial charge in [0.1, 0.15) is 5.75 Å². The smallest absolute Gasteiger partial charge is 0.255 e. The third-order valence-electron chi connectivity index (χ3n) is 5.81. The molecule has 0 saturated carbocycles.